The lowest BCUT2D eigenvalue weighted by Crippen LogP contribution is -2.31. The summed E-state index contributed by atoms with van der Waals surface area (Å²) in [5.41, 5.74) is 3.35. The third-order valence-electron chi connectivity index (χ3n) is 6.00. The van der Waals surface area contributed by atoms with Gasteiger partial charge in [0, 0.05) is 23.6 Å². The number of pyridine rings is 1. The first kappa shape index (κ1) is 19.4. The summed E-state index contributed by atoms with van der Waals surface area (Å²) in [6, 6.07) is 15.3. The monoisotopic (exact) mass is 388 g/mol. The van der Waals surface area contributed by atoms with E-state index in [9.17, 15) is 9.90 Å². The highest BCUT2D eigenvalue weighted by atomic mass is 16.3. The van der Waals surface area contributed by atoms with Crippen LogP contribution in [0.3, 0.4) is 0 Å². The van der Waals surface area contributed by atoms with Crippen LogP contribution in [0.1, 0.15) is 61.3 Å². The number of fused-ring (bicyclic) bond motifs is 1. The molecule has 1 aliphatic rings. The van der Waals surface area contributed by atoms with E-state index in [4.69, 9.17) is 0 Å². The molecule has 4 heteroatoms. The Balaban J connectivity index is 1.66. The number of aromatic nitrogens is 1. The van der Waals surface area contributed by atoms with Crippen molar-refractivity contribution >= 4 is 16.8 Å². The Morgan fingerprint density at radius 2 is 1.86 bits per heavy atom. The molecular weight excluding hydrogens is 360 g/mol. The van der Waals surface area contributed by atoms with E-state index in [1.807, 2.05) is 55.5 Å². The lowest BCUT2D eigenvalue weighted by Gasteiger charge is -2.25. The molecule has 1 unspecified atom stereocenters. The molecule has 1 saturated carbocycles. The number of benzene rings is 2. The molecule has 1 heterocycles. The quantitative estimate of drug-likeness (QED) is 0.613. The minimum absolute atomic E-state index is 0.0444. The number of carbonyl (C=O) groups excluding carboxylic acids is 1. The smallest absolute Gasteiger partial charge is 0.221 e. The first-order valence-corrected chi connectivity index (χ1v) is 10.5. The van der Waals surface area contributed by atoms with Crippen LogP contribution >= 0.6 is 0 Å². The molecule has 3 aromatic rings. The van der Waals surface area contributed by atoms with Crippen molar-refractivity contribution in [3.63, 3.8) is 0 Å². The largest absolute Gasteiger partial charge is 0.505 e. The predicted molar refractivity (Wildman–Crippen MR) is 116 cm³/mol. The van der Waals surface area contributed by atoms with Gasteiger partial charge in [-0.05, 0) is 37.3 Å². The van der Waals surface area contributed by atoms with Gasteiger partial charge in [-0.15, -0.1) is 0 Å². The fourth-order valence-corrected chi connectivity index (χ4v) is 4.35. The van der Waals surface area contributed by atoms with Gasteiger partial charge in [-0.2, -0.15) is 0 Å². The van der Waals surface area contributed by atoms with Crippen LogP contribution in [0.4, 0.5) is 0 Å². The number of rotatable bonds is 5. The first-order chi connectivity index (χ1) is 14.1. The normalized spacial score (nSPS) is 15.9. The van der Waals surface area contributed by atoms with Crippen LogP contribution < -0.4 is 5.32 Å². The standard InChI is InChI=1S/C25H28N2O2/c1-17-9-11-20(12-10-17)23(27-22(28)16-18-6-3-2-4-7-18)21-14-13-19-8-5-15-26-24(19)25(21)29/h5,8-15,18,23,29H,2-4,6-7,16H2,1H3,(H,27,28). The van der Waals surface area contributed by atoms with Gasteiger partial charge in [-0.1, -0.05) is 67.3 Å². The number of carbonyl (C=O) groups is 1. The van der Waals surface area contributed by atoms with Gasteiger partial charge in [-0.25, -0.2) is 0 Å². The number of phenolic OH excluding ortho intramolecular Hbond substituents is 1. The van der Waals surface area contributed by atoms with Gasteiger partial charge < -0.3 is 10.4 Å². The summed E-state index contributed by atoms with van der Waals surface area (Å²) < 4.78 is 0. The van der Waals surface area contributed by atoms with E-state index in [-0.39, 0.29) is 11.7 Å². The number of hydrogen-bond donors (Lipinski definition) is 2. The second-order valence-corrected chi connectivity index (χ2v) is 8.20. The van der Waals surface area contributed by atoms with E-state index in [0.29, 0.717) is 23.4 Å². The van der Waals surface area contributed by atoms with Crippen LogP contribution in [0.25, 0.3) is 10.9 Å². The molecule has 0 saturated heterocycles. The number of hydrogen-bond acceptors (Lipinski definition) is 3. The number of aryl methyl sites for hydroxylation is 1. The summed E-state index contributed by atoms with van der Waals surface area (Å²) in [4.78, 5) is 17.2. The third-order valence-corrected chi connectivity index (χ3v) is 6.00. The van der Waals surface area contributed by atoms with E-state index in [1.165, 1.54) is 19.3 Å². The van der Waals surface area contributed by atoms with Crippen LogP contribution in [0, 0.1) is 12.8 Å². The zero-order chi connectivity index (χ0) is 20.2. The minimum atomic E-state index is -0.405. The number of phenols is 1. The summed E-state index contributed by atoms with van der Waals surface area (Å²) in [5, 5.41) is 15.0. The van der Waals surface area contributed by atoms with Gasteiger partial charge >= 0.3 is 0 Å². The molecule has 0 bridgehead atoms. The van der Waals surface area contributed by atoms with Crippen molar-refractivity contribution in [2.45, 2.75) is 51.5 Å². The summed E-state index contributed by atoms with van der Waals surface area (Å²) in [6.45, 7) is 2.04. The highest BCUT2D eigenvalue weighted by Gasteiger charge is 2.24. The zero-order valence-electron chi connectivity index (χ0n) is 16.9. The Morgan fingerprint density at radius 1 is 1.10 bits per heavy atom. The highest BCUT2D eigenvalue weighted by molar-refractivity contribution is 5.86. The van der Waals surface area contributed by atoms with Gasteiger partial charge in [0.25, 0.3) is 0 Å². The number of amides is 1. The molecule has 29 heavy (non-hydrogen) atoms. The second-order valence-electron chi connectivity index (χ2n) is 8.20. The van der Waals surface area contributed by atoms with E-state index in [0.717, 1.165) is 29.4 Å². The molecule has 4 rings (SSSR count). The molecule has 150 valence electrons. The molecule has 1 fully saturated rings. The SMILES string of the molecule is Cc1ccc(C(NC(=O)CC2CCCCC2)c2ccc3cccnc3c2O)cc1. The van der Waals surface area contributed by atoms with Crippen LogP contribution in [-0.4, -0.2) is 16.0 Å². The lowest BCUT2D eigenvalue weighted by atomic mass is 9.86. The van der Waals surface area contributed by atoms with Crippen molar-refractivity contribution < 1.29 is 9.90 Å². The van der Waals surface area contributed by atoms with Crippen molar-refractivity contribution in [3.8, 4) is 5.75 Å². The highest BCUT2D eigenvalue weighted by Crippen LogP contribution is 2.35. The third kappa shape index (κ3) is 4.42. The van der Waals surface area contributed by atoms with Gasteiger partial charge in [0.05, 0.1) is 6.04 Å². The summed E-state index contributed by atoms with van der Waals surface area (Å²) >= 11 is 0. The van der Waals surface area contributed by atoms with Gasteiger partial charge in [-0.3, -0.25) is 9.78 Å². The Bertz CT molecular complexity index is 991. The van der Waals surface area contributed by atoms with E-state index < -0.39 is 6.04 Å². The molecule has 1 amide bonds. The summed E-state index contributed by atoms with van der Waals surface area (Å²) in [6.07, 6.45) is 8.21. The molecule has 4 nitrogen and oxygen atoms in total. The maximum Gasteiger partial charge on any atom is 0.221 e. The van der Waals surface area contributed by atoms with Crippen molar-refractivity contribution in [1.29, 1.82) is 0 Å². The van der Waals surface area contributed by atoms with E-state index in [2.05, 4.69) is 10.3 Å². The van der Waals surface area contributed by atoms with Crippen molar-refractivity contribution in [2.24, 2.45) is 5.92 Å². The molecule has 0 aliphatic heterocycles. The van der Waals surface area contributed by atoms with Crippen LogP contribution in [-0.2, 0) is 4.79 Å². The molecule has 0 spiro atoms. The maximum atomic E-state index is 12.9. The Morgan fingerprint density at radius 3 is 2.62 bits per heavy atom. The predicted octanol–water partition coefficient (Wildman–Crippen LogP) is 5.42. The fourth-order valence-electron chi connectivity index (χ4n) is 4.35. The zero-order valence-corrected chi connectivity index (χ0v) is 16.9. The topological polar surface area (TPSA) is 62.2 Å². The molecule has 2 aromatic carbocycles. The Hall–Kier alpha value is -2.88. The van der Waals surface area contributed by atoms with Crippen molar-refractivity contribution in [1.82, 2.24) is 10.3 Å². The second kappa shape index (κ2) is 8.64. The number of nitrogens with one attached hydrogen (secondary N) is 1. The number of nitrogens with zero attached hydrogens (tertiary/aromatic N) is 1. The Kier molecular flexibility index (Phi) is 5.79. The lowest BCUT2D eigenvalue weighted by molar-refractivity contribution is -0.122. The van der Waals surface area contributed by atoms with E-state index >= 15 is 0 Å². The van der Waals surface area contributed by atoms with Crippen LogP contribution in [0.5, 0.6) is 5.75 Å². The van der Waals surface area contributed by atoms with Gasteiger partial charge in [0.15, 0.2) is 0 Å². The van der Waals surface area contributed by atoms with Crippen LogP contribution in [0.2, 0.25) is 0 Å². The molecule has 1 atom stereocenters. The summed E-state index contributed by atoms with van der Waals surface area (Å²) in [7, 11) is 0. The Labute approximate surface area is 172 Å². The molecule has 0 radical (unpaired) electrons. The first-order valence-electron chi connectivity index (χ1n) is 10.5. The number of aromatic hydroxyl groups is 1. The van der Waals surface area contributed by atoms with E-state index in [1.54, 1.807) is 6.20 Å². The summed E-state index contributed by atoms with van der Waals surface area (Å²) in [5.74, 6) is 0.643. The average molecular weight is 389 g/mol. The van der Waals surface area contributed by atoms with Crippen LogP contribution in [0.15, 0.2) is 54.7 Å². The minimum Gasteiger partial charge on any atom is -0.505 e. The molecule has 2 N–H and O–H groups in total. The van der Waals surface area contributed by atoms with Gasteiger partial charge in [0.1, 0.15) is 11.3 Å². The average Bonchev–Trinajstić information content (AvgIpc) is 2.74. The molecular formula is C25H28N2O2. The van der Waals surface area contributed by atoms with Crippen molar-refractivity contribution in [2.75, 3.05) is 0 Å². The molecule has 1 aliphatic carbocycles. The van der Waals surface area contributed by atoms with Crippen molar-refractivity contribution in [3.05, 3.63) is 71.4 Å². The van der Waals surface area contributed by atoms with Gasteiger partial charge in [0.2, 0.25) is 5.91 Å². The maximum absolute atomic E-state index is 12.9. The fraction of sp³-hybridized carbons (Fsp3) is 0.360. The molecule has 1 aromatic heterocycles.